The third-order valence-corrected chi connectivity index (χ3v) is 3.79. The van der Waals surface area contributed by atoms with Crippen LogP contribution in [0.1, 0.15) is 57.2 Å². The van der Waals surface area contributed by atoms with Crippen LogP contribution in [0.25, 0.3) is 0 Å². The van der Waals surface area contributed by atoms with Crippen molar-refractivity contribution in [1.29, 1.82) is 0 Å². The molecule has 2 heteroatoms. The Bertz CT molecular complexity index is 339. The molecule has 0 aromatic heterocycles. The molecule has 1 aromatic carbocycles. The molecule has 0 amide bonds. The van der Waals surface area contributed by atoms with Crippen molar-refractivity contribution in [3.05, 3.63) is 35.4 Å². The maximum atomic E-state index is 3.48. The average Bonchev–Trinajstić information content (AvgIpc) is 2.46. The van der Waals surface area contributed by atoms with E-state index in [1.807, 2.05) is 0 Å². The third kappa shape index (κ3) is 5.64. The van der Waals surface area contributed by atoms with Crippen molar-refractivity contribution in [3.8, 4) is 0 Å². The average molecular weight is 276 g/mol. The number of likely N-dealkylation sites (N-methyl/N-ethyl adjacent to an activating group) is 1. The molecule has 0 aliphatic heterocycles. The lowest BCUT2D eigenvalue weighted by atomic mass is 10.0. The van der Waals surface area contributed by atoms with Crippen LogP contribution >= 0.6 is 0 Å². The van der Waals surface area contributed by atoms with Crippen molar-refractivity contribution < 1.29 is 0 Å². The van der Waals surface area contributed by atoms with E-state index in [0.717, 1.165) is 6.54 Å². The van der Waals surface area contributed by atoms with Gasteiger partial charge in [0.2, 0.25) is 0 Å². The molecule has 20 heavy (non-hydrogen) atoms. The fourth-order valence-electron chi connectivity index (χ4n) is 2.75. The first-order chi connectivity index (χ1) is 9.74. The smallest absolute Gasteiger partial charge is 0.0446 e. The van der Waals surface area contributed by atoms with Crippen LogP contribution in [-0.2, 0) is 6.42 Å². The van der Waals surface area contributed by atoms with E-state index in [0.29, 0.717) is 6.04 Å². The number of hydrogen-bond acceptors (Lipinski definition) is 2. The predicted octanol–water partition coefficient (Wildman–Crippen LogP) is 4.02. The summed E-state index contributed by atoms with van der Waals surface area (Å²) in [6.45, 7) is 10.2. The minimum atomic E-state index is 0.434. The molecule has 0 saturated carbocycles. The molecule has 0 aliphatic rings. The minimum absolute atomic E-state index is 0.434. The highest BCUT2D eigenvalue weighted by molar-refractivity contribution is 5.25. The lowest BCUT2D eigenvalue weighted by molar-refractivity contribution is 0.247. The lowest BCUT2D eigenvalue weighted by Gasteiger charge is -2.27. The molecule has 2 nitrogen and oxygen atoms in total. The van der Waals surface area contributed by atoms with Crippen LogP contribution in [0.15, 0.2) is 24.3 Å². The summed E-state index contributed by atoms with van der Waals surface area (Å²) in [4.78, 5) is 2.57. The molecule has 1 atom stereocenters. The molecule has 1 unspecified atom stereocenters. The summed E-state index contributed by atoms with van der Waals surface area (Å²) < 4.78 is 0. The van der Waals surface area contributed by atoms with Gasteiger partial charge in [0.25, 0.3) is 0 Å². The molecule has 0 aliphatic carbocycles. The van der Waals surface area contributed by atoms with E-state index in [1.165, 1.54) is 49.9 Å². The maximum absolute atomic E-state index is 3.48. The zero-order valence-corrected chi connectivity index (χ0v) is 13.8. The van der Waals surface area contributed by atoms with Crippen molar-refractivity contribution in [3.63, 3.8) is 0 Å². The molecule has 114 valence electrons. The summed E-state index contributed by atoms with van der Waals surface area (Å²) in [5.41, 5.74) is 2.86. The Morgan fingerprint density at radius 1 is 0.950 bits per heavy atom. The van der Waals surface area contributed by atoms with E-state index in [2.05, 4.69) is 62.3 Å². The van der Waals surface area contributed by atoms with Gasteiger partial charge in [0, 0.05) is 12.6 Å². The number of rotatable bonds is 10. The zero-order valence-electron chi connectivity index (χ0n) is 13.8. The molecule has 0 bridgehead atoms. The van der Waals surface area contributed by atoms with Gasteiger partial charge in [-0.1, -0.05) is 51.5 Å². The molecule has 0 spiro atoms. The summed E-state index contributed by atoms with van der Waals surface area (Å²) in [6, 6.07) is 9.59. The second-order valence-electron chi connectivity index (χ2n) is 5.63. The van der Waals surface area contributed by atoms with Crippen LogP contribution in [0.5, 0.6) is 0 Å². The predicted molar refractivity (Wildman–Crippen MR) is 89.3 cm³/mol. The number of benzene rings is 1. The first-order valence-electron chi connectivity index (χ1n) is 8.23. The maximum Gasteiger partial charge on any atom is 0.0446 e. The molecular formula is C18H32N2. The second kappa shape index (κ2) is 9.95. The van der Waals surface area contributed by atoms with Crippen molar-refractivity contribution in [2.24, 2.45) is 0 Å². The van der Waals surface area contributed by atoms with Crippen molar-refractivity contribution in [2.45, 2.75) is 52.5 Å². The van der Waals surface area contributed by atoms with E-state index in [9.17, 15) is 0 Å². The third-order valence-electron chi connectivity index (χ3n) is 3.79. The SMILES string of the molecule is CCCc1ccc(C(CN(CCC)CCC)NC)cc1. The Labute approximate surface area is 125 Å². The van der Waals surface area contributed by atoms with E-state index >= 15 is 0 Å². The molecule has 1 N–H and O–H groups in total. The number of hydrogen-bond donors (Lipinski definition) is 1. The summed E-state index contributed by atoms with van der Waals surface area (Å²) >= 11 is 0. The highest BCUT2D eigenvalue weighted by Crippen LogP contribution is 2.16. The Morgan fingerprint density at radius 3 is 2.00 bits per heavy atom. The summed E-state index contributed by atoms with van der Waals surface area (Å²) in [7, 11) is 2.07. The van der Waals surface area contributed by atoms with Gasteiger partial charge >= 0.3 is 0 Å². The first kappa shape index (κ1) is 17.2. The van der Waals surface area contributed by atoms with Gasteiger partial charge in [-0.25, -0.2) is 0 Å². The van der Waals surface area contributed by atoms with E-state index in [4.69, 9.17) is 0 Å². The number of nitrogens with one attached hydrogen (secondary N) is 1. The van der Waals surface area contributed by atoms with Crippen LogP contribution < -0.4 is 5.32 Å². The quantitative estimate of drug-likeness (QED) is 0.694. The van der Waals surface area contributed by atoms with Gasteiger partial charge in [0.05, 0.1) is 0 Å². The van der Waals surface area contributed by atoms with Crippen LogP contribution in [0.4, 0.5) is 0 Å². The topological polar surface area (TPSA) is 15.3 Å². The van der Waals surface area contributed by atoms with Gasteiger partial charge in [-0.3, -0.25) is 0 Å². The van der Waals surface area contributed by atoms with E-state index < -0.39 is 0 Å². The Morgan fingerprint density at radius 2 is 1.55 bits per heavy atom. The number of aryl methyl sites for hydroxylation is 1. The van der Waals surface area contributed by atoms with Crippen LogP contribution in [0.2, 0.25) is 0 Å². The highest BCUT2D eigenvalue weighted by atomic mass is 15.1. The monoisotopic (exact) mass is 276 g/mol. The fourth-order valence-corrected chi connectivity index (χ4v) is 2.75. The molecule has 0 radical (unpaired) electrons. The summed E-state index contributed by atoms with van der Waals surface area (Å²) in [5.74, 6) is 0. The van der Waals surface area contributed by atoms with Gasteiger partial charge in [-0.05, 0) is 50.5 Å². The second-order valence-corrected chi connectivity index (χ2v) is 5.63. The molecule has 0 saturated heterocycles. The standard InChI is InChI=1S/C18H32N2/c1-5-8-16-9-11-17(12-10-16)18(19-4)15-20(13-6-2)14-7-3/h9-12,18-19H,5-8,13-15H2,1-4H3. The highest BCUT2D eigenvalue weighted by Gasteiger charge is 2.13. The van der Waals surface area contributed by atoms with Crippen molar-refractivity contribution >= 4 is 0 Å². The molecule has 0 heterocycles. The largest absolute Gasteiger partial charge is 0.312 e. The van der Waals surface area contributed by atoms with Gasteiger partial charge < -0.3 is 10.2 Å². The lowest BCUT2D eigenvalue weighted by Crippen LogP contribution is -2.35. The van der Waals surface area contributed by atoms with Crippen LogP contribution in [0, 0.1) is 0 Å². The number of nitrogens with zero attached hydrogens (tertiary/aromatic N) is 1. The van der Waals surface area contributed by atoms with Gasteiger partial charge in [0.15, 0.2) is 0 Å². The van der Waals surface area contributed by atoms with Crippen molar-refractivity contribution in [1.82, 2.24) is 10.2 Å². The Hall–Kier alpha value is -0.860. The molecule has 1 aromatic rings. The van der Waals surface area contributed by atoms with Gasteiger partial charge in [-0.15, -0.1) is 0 Å². The molecule has 0 fully saturated rings. The van der Waals surface area contributed by atoms with Gasteiger partial charge in [0.1, 0.15) is 0 Å². The normalized spacial score (nSPS) is 12.8. The summed E-state index contributed by atoms with van der Waals surface area (Å²) in [6.07, 6.45) is 4.86. The summed E-state index contributed by atoms with van der Waals surface area (Å²) in [5, 5.41) is 3.48. The van der Waals surface area contributed by atoms with E-state index in [1.54, 1.807) is 0 Å². The van der Waals surface area contributed by atoms with Crippen LogP contribution in [-0.4, -0.2) is 31.6 Å². The van der Waals surface area contributed by atoms with Crippen molar-refractivity contribution in [2.75, 3.05) is 26.7 Å². The first-order valence-corrected chi connectivity index (χ1v) is 8.23. The minimum Gasteiger partial charge on any atom is -0.312 e. The Kier molecular flexibility index (Phi) is 8.56. The van der Waals surface area contributed by atoms with E-state index in [-0.39, 0.29) is 0 Å². The van der Waals surface area contributed by atoms with Crippen LogP contribution in [0.3, 0.4) is 0 Å². The zero-order chi connectivity index (χ0) is 14.8. The molecular weight excluding hydrogens is 244 g/mol. The molecule has 1 rings (SSSR count). The van der Waals surface area contributed by atoms with Gasteiger partial charge in [-0.2, -0.15) is 0 Å². The Balaban J connectivity index is 2.68. The fraction of sp³-hybridized carbons (Fsp3) is 0.667.